The maximum absolute atomic E-state index is 9.49. The molecule has 0 bridgehead atoms. The lowest BCUT2D eigenvalue weighted by molar-refractivity contribution is 0.0827. The largest absolute Gasteiger partial charge is 0.395 e. The highest BCUT2D eigenvalue weighted by Crippen LogP contribution is 2.35. The summed E-state index contributed by atoms with van der Waals surface area (Å²) in [6.07, 6.45) is 2.42. The number of benzene rings is 1. The predicted molar refractivity (Wildman–Crippen MR) is 67.5 cm³/mol. The molecule has 1 aliphatic rings. The third-order valence-corrected chi connectivity index (χ3v) is 3.44. The smallest absolute Gasteiger partial charge is 0.0589 e. The summed E-state index contributed by atoms with van der Waals surface area (Å²) in [7, 11) is 0. The van der Waals surface area contributed by atoms with Crippen LogP contribution >= 0.6 is 0 Å². The predicted octanol–water partition coefficient (Wildman–Crippen LogP) is 1.25. The van der Waals surface area contributed by atoms with Gasteiger partial charge in [-0.3, -0.25) is 4.90 Å². The highest BCUT2D eigenvalue weighted by molar-refractivity contribution is 5.14. The van der Waals surface area contributed by atoms with Gasteiger partial charge in [0.25, 0.3) is 0 Å². The second-order valence-corrected chi connectivity index (χ2v) is 4.77. The summed E-state index contributed by atoms with van der Waals surface area (Å²) in [5.41, 5.74) is 1.24. The highest BCUT2D eigenvalue weighted by Gasteiger charge is 2.34. The molecule has 0 aromatic heterocycles. The summed E-state index contributed by atoms with van der Waals surface area (Å²) in [4.78, 5) is 2.20. The standard InChI is InChI=1S/C14H21NO2/c16-9-8-15(14(11-17)13-6-7-13)10-12-4-2-1-3-5-12/h1-5,13-14,16-17H,6-11H2. The maximum Gasteiger partial charge on any atom is 0.0589 e. The van der Waals surface area contributed by atoms with Crippen LogP contribution in [-0.4, -0.2) is 40.9 Å². The van der Waals surface area contributed by atoms with Crippen LogP contribution in [0.15, 0.2) is 30.3 Å². The van der Waals surface area contributed by atoms with Crippen LogP contribution in [0, 0.1) is 5.92 Å². The molecule has 17 heavy (non-hydrogen) atoms. The van der Waals surface area contributed by atoms with E-state index >= 15 is 0 Å². The SMILES string of the molecule is OCCN(Cc1ccccc1)C(CO)C1CC1. The fourth-order valence-corrected chi connectivity index (χ4v) is 2.35. The fourth-order valence-electron chi connectivity index (χ4n) is 2.35. The minimum Gasteiger partial charge on any atom is -0.395 e. The summed E-state index contributed by atoms with van der Waals surface area (Å²) < 4.78 is 0. The van der Waals surface area contributed by atoms with E-state index in [2.05, 4.69) is 17.0 Å². The van der Waals surface area contributed by atoms with Crippen molar-refractivity contribution in [2.24, 2.45) is 5.92 Å². The van der Waals surface area contributed by atoms with Crippen molar-refractivity contribution in [1.29, 1.82) is 0 Å². The maximum atomic E-state index is 9.49. The van der Waals surface area contributed by atoms with Crippen LogP contribution in [0.2, 0.25) is 0 Å². The molecule has 1 aromatic rings. The van der Waals surface area contributed by atoms with Crippen molar-refractivity contribution < 1.29 is 10.2 Å². The Bertz CT molecular complexity index is 324. The molecule has 0 aliphatic heterocycles. The van der Waals surface area contributed by atoms with Crippen LogP contribution in [0.25, 0.3) is 0 Å². The summed E-state index contributed by atoms with van der Waals surface area (Å²) in [6.45, 7) is 1.79. The average Bonchev–Trinajstić information content (AvgIpc) is 3.16. The molecule has 2 rings (SSSR count). The van der Waals surface area contributed by atoms with Crippen molar-refractivity contribution in [3.63, 3.8) is 0 Å². The molecule has 0 amide bonds. The van der Waals surface area contributed by atoms with Gasteiger partial charge in [0.1, 0.15) is 0 Å². The Morgan fingerprint density at radius 2 is 1.88 bits per heavy atom. The zero-order chi connectivity index (χ0) is 12.1. The lowest BCUT2D eigenvalue weighted by Gasteiger charge is -2.30. The monoisotopic (exact) mass is 235 g/mol. The van der Waals surface area contributed by atoms with Crippen molar-refractivity contribution in [3.8, 4) is 0 Å². The van der Waals surface area contributed by atoms with Gasteiger partial charge in [0.05, 0.1) is 13.2 Å². The summed E-state index contributed by atoms with van der Waals surface area (Å²) in [5.74, 6) is 0.621. The van der Waals surface area contributed by atoms with Gasteiger partial charge in [0, 0.05) is 19.1 Å². The van der Waals surface area contributed by atoms with E-state index in [1.165, 1.54) is 18.4 Å². The Labute approximate surface area is 103 Å². The van der Waals surface area contributed by atoms with Gasteiger partial charge >= 0.3 is 0 Å². The molecule has 0 saturated heterocycles. The molecule has 94 valence electrons. The normalized spacial score (nSPS) is 17.4. The second-order valence-electron chi connectivity index (χ2n) is 4.77. The van der Waals surface area contributed by atoms with E-state index in [1.54, 1.807) is 0 Å². The number of rotatable bonds is 7. The Hall–Kier alpha value is -0.900. The van der Waals surface area contributed by atoms with E-state index in [1.807, 2.05) is 18.2 Å². The first-order valence-corrected chi connectivity index (χ1v) is 6.35. The summed E-state index contributed by atoms with van der Waals surface area (Å²) >= 11 is 0. The number of nitrogens with zero attached hydrogens (tertiary/aromatic N) is 1. The van der Waals surface area contributed by atoms with Crippen LogP contribution in [0.5, 0.6) is 0 Å². The number of aliphatic hydroxyl groups excluding tert-OH is 2. The Kier molecular flexibility index (Phi) is 4.54. The number of hydrogen-bond acceptors (Lipinski definition) is 3. The molecule has 3 heteroatoms. The van der Waals surface area contributed by atoms with Crippen molar-refractivity contribution in [1.82, 2.24) is 4.90 Å². The molecule has 1 fully saturated rings. The van der Waals surface area contributed by atoms with Crippen LogP contribution in [0.4, 0.5) is 0 Å². The van der Waals surface area contributed by atoms with Crippen molar-refractivity contribution in [2.45, 2.75) is 25.4 Å². The first-order valence-electron chi connectivity index (χ1n) is 6.35. The van der Waals surface area contributed by atoms with Crippen molar-refractivity contribution >= 4 is 0 Å². The molecule has 1 saturated carbocycles. The quantitative estimate of drug-likeness (QED) is 0.747. The van der Waals surface area contributed by atoms with Gasteiger partial charge in [-0.15, -0.1) is 0 Å². The van der Waals surface area contributed by atoms with E-state index in [-0.39, 0.29) is 19.3 Å². The van der Waals surface area contributed by atoms with Gasteiger partial charge in [-0.25, -0.2) is 0 Å². The molecule has 0 spiro atoms. The highest BCUT2D eigenvalue weighted by atomic mass is 16.3. The summed E-state index contributed by atoms with van der Waals surface area (Å²) in [6, 6.07) is 10.4. The first kappa shape index (κ1) is 12.6. The lowest BCUT2D eigenvalue weighted by atomic mass is 10.1. The minimum absolute atomic E-state index is 0.149. The van der Waals surface area contributed by atoms with E-state index in [9.17, 15) is 5.11 Å². The summed E-state index contributed by atoms with van der Waals surface area (Å²) in [5, 5.41) is 18.6. The van der Waals surface area contributed by atoms with Crippen LogP contribution in [0.3, 0.4) is 0 Å². The average molecular weight is 235 g/mol. The van der Waals surface area contributed by atoms with Gasteiger partial charge in [0.15, 0.2) is 0 Å². The van der Waals surface area contributed by atoms with E-state index < -0.39 is 0 Å². The van der Waals surface area contributed by atoms with Gasteiger partial charge < -0.3 is 10.2 Å². The molecule has 1 aliphatic carbocycles. The van der Waals surface area contributed by atoms with Gasteiger partial charge in [-0.05, 0) is 24.3 Å². The third kappa shape index (κ3) is 3.53. The van der Waals surface area contributed by atoms with Gasteiger partial charge in [-0.1, -0.05) is 30.3 Å². The molecule has 3 nitrogen and oxygen atoms in total. The molecular formula is C14H21NO2. The van der Waals surface area contributed by atoms with Crippen molar-refractivity contribution in [2.75, 3.05) is 19.8 Å². The molecule has 0 radical (unpaired) electrons. The Morgan fingerprint density at radius 3 is 2.41 bits per heavy atom. The van der Waals surface area contributed by atoms with Crippen LogP contribution in [-0.2, 0) is 6.54 Å². The van der Waals surface area contributed by atoms with Gasteiger partial charge in [-0.2, -0.15) is 0 Å². The number of aliphatic hydroxyl groups is 2. The third-order valence-electron chi connectivity index (χ3n) is 3.44. The van der Waals surface area contributed by atoms with E-state index in [4.69, 9.17) is 5.11 Å². The minimum atomic E-state index is 0.149. The van der Waals surface area contributed by atoms with Gasteiger partial charge in [0.2, 0.25) is 0 Å². The zero-order valence-corrected chi connectivity index (χ0v) is 10.1. The lowest BCUT2D eigenvalue weighted by Crippen LogP contribution is -2.40. The Morgan fingerprint density at radius 1 is 1.18 bits per heavy atom. The molecule has 1 aromatic carbocycles. The number of hydrogen-bond donors (Lipinski definition) is 2. The molecule has 0 heterocycles. The second kappa shape index (κ2) is 6.15. The van der Waals surface area contributed by atoms with E-state index in [0.29, 0.717) is 12.5 Å². The van der Waals surface area contributed by atoms with E-state index in [0.717, 1.165) is 6.54 Å². The Balaban J connectivity index is 2.00. The molecule has 1 unspecified atom stereocenters. The zero-order valence-electron chi connectivity index (χ0n) is 10.1. The molecule has 1 atom stereocenters. The topological polar surface area (TPSA) is 43.7 Å². The molecular weight excluding hydrogens is 214 g/mol. The van der Waals surface area contributed by atoms with Crippen molar-refractivity contribution in [3.05, 3.63) is 35.9 Å². The van der Waals surface area contributed by atoms with Crippen LogP contribution < -0.4 is 0 Å². The fraction of sp³-hybridized carbons (Fsp3) is 0.571. The molecule has 2 N–H and O–H groups in total. The van der Waals surface area contributed by atoms with Crippen LogP contribution in [0.1, 0.15) is 18.4 Å². The first-order chi connectivity index (χ1) is 8.35.